The van der Waals surface area contributed by atoms with Crippen molar-refractivity contribution >= 4 is 21.6 Å². The number of hydrogen-bond acceptors (Lipinski definition) is 4. The lowest BCUT2D eigenvalue weighted by Crippen LogP contribution is -2.16. The lowest BCUT2D eigenvalue weighted by Gasteiger charge is -2.12. The minimum absolute atomic E-state index is 0.00848. The van der Waals surface area contributed by atoms with E-state index in [1.807, 2.05) is 37.3 Å². The van der Waals surface area contributed by atoms with Crippen molar-refractivity contribution in [1.82, 2.24) is 0 Å². The summed E-state index contributed by atoms with van der Waals surface area (Å²) in [5.74, 6) is 0.466. The highest BCUT2D eigenvalue weighted by Gasteiger charge is 2.24. The van der Waals surface area contributed by atoms with E-state index in [-0.39, 0.29) is 10.9 Å². The molecule has 5 nitrogen and oxygen atoms in total. The van der Waals surface area contributed by atoms with Gasteiger partial charge in [-0.1, -0.05) is 60.2 Å². The molecule has 0 radical (unpaired) electrons. The Morgan fingerprint density at radius 1 is 0.966 bits per heavy atom. The molecule has 4 rings (SSSR count). The first-order valence-electron chi connectivity index (χ1n) is 9.45. The van der Waals surface area contributed by atoms with Crippen molar-refractivity contribution in [3.63, 3.8) is 0 Å². The molecule has 1 atom stereocenters. The molecule has 6 heteroatoms. The van der Waals surface area contributed by atoms with Crippen LogP contribution in [0.3, 0.4) is 0 Å². The van der Waals surface area contributed by atoms with Crippen molar-refractivity contribution in [3.8, 4) is 0 Å². The molecule has 0 saturated carbocycles. The number of hydrogen-bond donors (Lipinski definition) is 1. The fourth-order valence-electron chi connectivity index (χ4n) is 3.23. The molecule has 1 heterocycles. The number of aryl methyl sites for hydroxylation is 1. The largest absolute Gasteiger partial charge is 0.475 e. The zero-order valence-corrected chi connectivity index (χ0v) is 16.9. The zero-order valence-electron chi connectivity index (χ0n) is 16.1. The van der Waals surface area contributed by atoms with Crippen molar-refractivity contribution < 1.29 is 13.2 Å². The van der Waals surface area contributed by atoms with Crippen LogP contribution in [0.25, 0.3) is 0 Å². The van der Waals surface area contributed by atoms with Crippen LogP contribution in [0.15, 0.2) is 88.8 Å². The third kappa shape index (κ3) is 4.49. The Morgan fingerprint density at radius 3 is 2.41 bits per heavy atom. The first kappa shape index (κ1) is 19.2. The molecule has 0 unspecified atom stereocenters. The summed E-state index contributed by atoms with van der Waals surface area (Å²) < 4.78 is 34.1. The van der Waals surface area contributed by atoms with Crippen molar-refractivity contribution in [2.45, 2.75) is 24.3 Å². The Balaban J connectivity index is 1.57. The highest BCUT2D eigenvalue weighted by molar-refractivity contribution is 7.92. The lowest BCUT2D eigenvalue weighted by atomic mass is 10.1. The first-order chi connectivity index (χ1) is 14.0. The predicted molar refractivity (Wildman–Crippen MR) is 115 cm³/mol. The second kappa shape index (κ2) is 8.09. The summed E-state index contributed by atoms with van der Waals surface area (Å²) in [5, 5.41) is 0. The van der Waals surface area contributed by atoms with Gasteiger partial charge in [-0.3, -0.25) is 4.72 Å². The Labute approximate surface area is 171 Å². The molecule has 1 aliphatic rings. The molecule has 0 bridgehead atoms. The molecular weight excluding hydrogens is 384 g/mol. The number of nitrogens with one attached hydrogen (secondary N) is 1. The first-order valence-corrected chi connectivity index (χ1v) is 10.9. The molecule has 0 aliphatic carbocycles. The third-order valence-corrected chi connectivity index (χ3v) is 6.14. The van der Waals surface area contributed by atoms with E-state index < -0.39 is 10.0 Å². The molecule has 29 heavy (non-hydrogen) atoms. The van der Waals surface area contributed by atoms with Crippen LogP contribution in [0.4, 0.5) is 5.69 Å². The number of ether oxygens (including phenoxy) is 1. The van der Waals surface area contributed by atoms with Gasteiger partial charge in [-0.25, -0.2) is 13.4 Å². The van der Waals surface area contributed by atoms with E-state index in [9.17, 15) is 8.42 Å². The standard InChI is InChI=1S/C23H22N2O3S/c1-17-11-13-20(14-12-17)29(26,27)25-22-10-6-5-9-21(22)23-24-19(16-28-23)15-18-7-3-2-4-8-18/h2-14,19,25H,15-16H2,1H3/t19-/m0/s1. The topological polar surface area (TPSA) is 67.8 Å². The van der Waals surface area contributed by atoms with Gasteiger partial charge in [0.25, 0.3) is 10.0 Å². The highest BCUT2D eigenvalue weighted by Crippen LogP contribution is 2.24. The van der Waals surface area contributed by atoms with Gasteiger partial charge in [-0.05, 0) is 43.2 Å². The Morgan fingerprint density at radius 2 is 1.66 bits per heavy atom. The summed E-state index contributed by atoms with van der Waals surface area (Å²) in [7, 11) is -3.70. The molecule has 3 aromatic rings. The van der Waals surface area contributed by atoms with Gasteiger partial charge in [0, 0.05) is 0 Å². The van der Waals surface area contributed by atoms with Crippen LogP contribution in [0.2, 0.25) is 0 Å². The van der Waals surface area contributed by atoms with Crippen LogP contribution in [-0.4, -0.2) is 27.0 Å². The molecule has 1 N–H and O–H groups in total. The SMILES string of the molecule is Cc1ccc(S(=O)(=O)Nc2ccccc2C2=N[C@@H](Cc3ccccc3)CO2)cc1. The summed E-state index contributed by atoms with van der Waals surface area (Å²) in [5.41, 5.74) is 3.29. The van der Waals surface area contributed by atoms with E-state index in [2.05, 4.69) is 21.8 Å². The molecule has 0 saturated heterocycles. The van der Waals surface area contributed by atoms with Gasteiger partial charge in [0.2, 0.25) is 5.90 Å². The van der Waals surface area contributed by atoms with Crippen molar-refractivity contribution in [2.75, 3.05) is 11.3 Å². The number of benzene rings is 3. The van der Waals surface area contributed by atoms with Crippen LogP contribution in [0.5, 0.6) is 0 Å². The van der Waals surface area contributed by atoms with E-state index in [0.29, 0.717) is 23.8 Å². The summed E-state index contributed by atoms with van der Waals surface area (Å²) in [6, 6.07) is 24.0. The quantitative estimate of drug-likeness (QED) is 0.668. The number of sulfonamides is 1. The minimum atomic E-state index is -3.70. The zero-order chi connectivity index (χ0) is 20.3. The maximum absolute atomic E-state index is 12.8. The minimum Gasteiger partial charge on any atom is -0.475 e. The predicted octanol–water partition coefficient (Wildman–Crippen LogP) is 4.18. The molecule has 3 aromatic carbocycles. The highest BCUT2D eigenvalue weighted by atomic mass is 32.2. The fraction of sp³-hybridized carbons (Fsp3) is 0.174. The maximum Gasteiger partial charge on any atom is 0.261 e. The van der Waals surface area contributed by atoms with Crippen LogP contribution in [-0.2, 0) is 21.2 Å². The smallest absolute Gasteiger partial charge is 0.261 e. The number of aliphatic imine (C=N–C) groups is 1. The summed E-state index contributed by atoms with van der Waals surface area (Å²) in [4.78, 5) is 4.90. The second-order valence-corrected chi connectivity index (χ2v) is 8.74. The number of para-hydroxylation sites is 1. The van der Waals surface area contributed by atoms with E-state index in [1.54, 1.807) is 36.4 Å². The van der Waals surface area contributed by atoms with Crippen LogP contribution < -0.4 is 4.72 Å². The molecule has 0 spiro atoms. The summed E-state index contributed by atoms with van der Waals surface area (Å²) >= 11 is 0. The molecular formula is C23H22N2O3S. The van der Waals surface area contributed by atoms with Gasteiger partial charge in [-0.15, -0.1) is 0 Å². The third-order valence-electron chi connectivity index (χ3n) is 4.76. The van der Waals surface area contributed by atoms with Gasteiger partial charge < -0.3 is 4.74 Å². The van der Waals surface area contributed by atoms with E-state index >= 15 is 0 Å². The van der Waals surface area contributed by atoms with Crippen molar-refractivity contribution in [2.24, 2.45) is 4.99 Å². The Bertz CT molecular complexity index is 1120. The Kier molecular flexibility index (Phi) is 5.36. The second-order valence-electron chi connectivity index (χ2n) is 7.05. The molecule has 148 valence electrons. The number of rotatable bonds is 6. The van der Waals surface area contributed by atoms with Gasteiger partial charge in [0.1, 0.15) is 6.61 Å². The fourth-order valence-corrected chi connectivity index (χ4v) is 4.31. The average molecular weight is 407 g/mol. The molecule has 1 aliphatic heterocycles. The van der Waals surface area contributed by atoms with Gasteiger partial charge >= 0.3 is 0 Å². The lowest BCUT2D eigenvalue weighted by molar-refractivity contribution is 0.317. The van der Waals surface area contributed by atoms with Gasteiger partial charge in [0.15, 0.2) is 0 Å². The van der Waals surface area contributed by atoms with Crippen molar-refractivity contribution in [3.05, 3.63) is 95.6 Å². The van der Waals surface area contributed by atoms with Gasteiger partial charge in [-0.2, -0.15) is 0 Å². The van der Waals surface area contributed by atoms with Crippen LogP contribution >= 0.6 is 0 Å². The van der Waals surface area contributed by atoms with E-state index in [0.717, 1.165) is 12.0 Å². The van der Waals surface area contributed by atoms with E-state index in [1.165, 1.54) is 5.56 Å². The van der Waals surface area contributed by atoms with E-state index in [4.69, 9.17) is 4.74 Å². The average Bonchev–Trinajstić information content (AvgIpc) is 3.17. The monoisotopic (exact) mass is 406 g/mol. The van der Waals surface area contributed by atoms with Gasteiger partial charge in [0.05, 0.1) is 22.2 Å². The molecule has 0 amide bonds. The normalized spacial score (nSPS) is 16.2. The molecule has 0 fully saturated rings. The van der Waals surface area contributed by atoms with Crippen molar-refractivity contribution in [1.29, 1.82) is 0 Å². The Hall–Kier alpha value is -3.12. The summed E-state index contributed by atoms with van der Waals surface area (Å²) in [6.45, 7) is 2.39. The number of nitrogens with zero attached hydrogens (tertiary/aromatic N) is 1. The molecule has 0 aromatic heterocycles. The number of anilines is 1. The summed E-state index contributed by atoms with van der Waals surface area (Å²) in [6.07, 6.45) is 0.779. The maximum atomic E-state index is 12.8. The van der Waals surface area contributed by atoms with Crippen LogP contribution in [0, 0.1) is 6.92 Å². The van der Waals surface area contributed by atoms with Crippen LogP contribution in [0.1, 0.15) is 16.7 Å².